The van der Waals surface area contributed by atoms with E-state index in [1.807, 2.05) is 0 Å². The van der Waals surface area contributed by atoms with Gasteiger partial charge in [0, 0.05) is 12.3 Å². The average Bonchev–Trinajstić information content (AvgIpc) is 2.56. The fourth-order valence-electron chi connectivity index (χ4n) is 3.03. The predicted octanol–water partition coefficient (Wildman–Crippen LogP) is 1.82. The summed E-state index contributed by atoms with van der Waals surface area (Å²) < 4.78 is 61.6. The standard InChI is InChI=1S/C10H20N.F2NO4S2/c1-10-5-8-11(9-10)6-3-2-4-7-11;1-8(4,5)3-9(2,6)7/h10H,2-9H2,1H3;/q+1;-1. The van der Waals surface area contributed by atoms with Crippen molar-refractivity contribution in [1.82, 2.24) is 0 Å². The van der Waals surface area contributed by atoms with E-state index in [0.717, 1.165) is 10.0 Å². The average molecular weight is 334 g/mol. The summed E-state index contributed by atoms with van der Waals surface area (Å²) >= 11 is 0. The molecule has 0 aromatic heterocycles. The molecule has 0 radical (unpaired) electrons. The van der Waals surface area contributed by atoms with Crippen LogP contribution in [0.15, 0.2) is 0 Å². The van der Waals surface area contributed by atoms with E-state index < -0.39 is 20.8 Å². The molecule has 2 heterocycles. The minimum absolute atomic E-state index is 1.01. The second-order valence-corrected chi connectivity index (χ2v) is 7.79. The molecule has 0 saturated carbocycles. The SMILES string of the molecule is CC1CC[N+]2(CCCCC2)C1.O=S(=O)(F)[N-]S(=O)(=O)F. The Bertz CT molecular complexity index is 480. The Balaban J connectivity index is 0.000000206. The van der Waals surface area contributed by atoms with Crippen molar-refractivity contribution in [3.63, 3.8) is 0 Å². The lowest BCUT2D eigenvalue weighted by molar-refractivity contribution is -0.922. The fraction of sp³-hybridized carbons (Fsp3) is 1.00. The summed E-state index contributed by atoms with van der Waals surface area (Å²) in [7, 11) is -11.2. The summed E-state index contributed by atoms with van der Waals surface area (Å²) in [5.74, 6) is 1.01. The summed E-state index contributed by atoms with van der Waals surface area (Å²) in [6.07, 6.45) is 5.97. The molecule has 1 atom stereocenters. The summed E-state index contributed by atoms with van der Waals surface area (Å²) in [5.41, 5.74) is 0. The molecule has 10 heteroatoms. The second kappa shape index (κ2) is 6.63. The van der Waals surface area contributed by atoms with Crippen molar-refractivity contribution in [3.05, 3.63) is 4.13 Å². The first-order chi connectivity index (χ1) is 9.02. The van der Waals surface area contributed by atoms with Crippen LogP contribution in [-0.4, -0.2) is 47.5 Å². The molecule has 0 aliphatic carbocycles. The molecule has 0 N–H and O–H groups in total. The molecule has 0 amide bonds. The Morgan fingerprint density at radius 3 is 1.75 bits per heavy atom. The van der Waals surface area contributed by atoms with Crippen LogP contribution >= 0.6 is 0 Å². The fourth-order valence-corrected chi connectivity index (χ4v) is 3.88. The van der Waals surface area contributed by atoms with Crippen LogP contribution in [0.4, 0.5) is 7.77 Å². The number of rotatable bonds is 2. The molecule has 2 saturated heterocycles. The van der Waals surface area contributed by atoms with Crippen LogP contribution in [0.5, 0.6) is 0 Å². The van der Waals surface area contributed by atoms with Crippen molar-refractivity contribution < 1.29 is 29.1 Å². The smallest absolute Gasteiger partial charge is 0.241 e. The van der Waals surface area contributed by atoms with Crippen molar-refractivity contribution >= 4 is 20.8 Å². The van der Waals surface area contributed by atoms with Gasteiger partial charge in [-0.25, -0.2) is 16.8 Å². The molecule has 1 spiro atoms. The molecule has 1 unspecified atom stereocenters. The van der Waals surface area contributed by atoms with E-state index in [2.05, 4.69) is 6.92 Å². The maximum atomic E-state index is 11.1. The third kappa shape index (κ3) is 6.91. The van der Waals surface area contributed by atoms with Gasteiger partial charge in [0.15, 0.2) is 0 Å². The van der Waals surface area contributed by atoms with Gasteiger partial charge in [0.05, 0.1) is 26.2 Å². The summed E-state index contributed by atoms with van der Waals surface area (Å²) in [6.45, 7) is 8.37. The first-order valence-corrected chi connectivity index (χ1v) is 9.18. The highest BCUT2D eigenvalue weighted by Crippen LogP contribution is 2.28. The first kappa shape index (κ1) is 17.7. The van der Waals surface area contributed by atoms with Gasteiger partial charge in [-0.15, -0.1) is 7.77 Å². The number of hydrogen-bond donors (Lipinski definition) is 0. The molecule has 120 valence electrons. The van der Waals surface area contributed by atoms with Crippen molar-refractivity contribution in [2.75, 3.05) is 26.2 Å². The van der Waals surface area contributed by atoms with Crippen LogP contribution in [0.3, 0.4) is 0 Å². The monoisotopic (exact) mass is 334 g/mol. The molecule has 2 aliphatic rings. The molecular formula is C10H20F2N2O4S2. The zero-order valence-electron chi connectivity index (χ0n) is 11.3. The second-order valence-electron chi connectivity index (χ2n) is 5.55. The van der Waals surface area contributed by atoms with Gasteiger partial charge in [-0.3, -0.25) is 0 Å². The molecule has 2 rings (SSSR count). The quantitative estimate of drug-likeness (QED) is 0.570. The normalized spacial score (nSPS) is 26.1. The molecule has 0 aromatic carbocycles. The Labute approximate surface area is 119 Å². The first-order valence-electron chi connectivity index (χ1n) is 6.50. The lowest BCUT2D eigenvalue weighted by Crippen LogP contribution is -2.49. The molecule has 2 fully saturated rings. The maximum absolute atomic E-state index is 11.1. The van der Waals surface area contributed by atoms with E-state index in [1.54, 1.807) is 0 Å². The minimum atomic E-state index is -5.62. The number of halogens is 2. The van der Waals surface area contributed by atoms with Crippen LogP contribution in [0.2, 0.25) is 0 Å². The minimum Gasteiger partial charge on any atom is -0.379 e. The van der Waals surface area contributed by atoms with Crippen LogP contribution in [0.1, 0.15) is 32.6 Å². The highest BCUT2D eigenvalue weighted by molar-refractivity contribution is 8.07. The zero-order chi connectivity index (χ0) is 15.4. The Morgan fingerprint density at radius 2 is 1.45 bits per heavy atom. The molecule has 20 heavy (non-hydrogen) atoms. The number of nitrogens with zero attached hydrogens (tertiary/aromatic N) is 2. The molecular weight excluding hydrogens is 314 g/mol. The number of hydrogen-bond acceptors (Lipinski definition) is 4. The Kier molecular flexibility index (Phi) is 5.88. The van der Waals surface area contributed by atoms with E-state index in [1.165, 1.54) is 56.3 Å². The van der Waals surface area contributed by atoms with Gasteiger partial charge >= 0.3 is 0 Å². The Hall–Kier alpha value is -0.320. The van der Waals surface area contributed by atoms with Gasteiger partial charge in [-0.2, -0.15) is 0 Å². The van der Waals surface area contributed by atoms with E-state index in [4.69, 9.17) is 0 Å². The Morgan fingerprint density at radius 1 is 0.950 bits per heavy atom. The van der Waals surface area contributed by atoms with Gasteiger partial charge in [0.2, 0.25) is 20.8 Å². The van der Waals surface area contributed by atoms with Gasteiger partial charge in [-0.1, -0.05) is 6.92 Å². The lowest BCUT2D eigenvalue weighted by atomic mass is 10.1. The van der Waals surface area contributed by atoms with E-state index in [0.29, 0.717) is 0 Å². The predicted molar refractivity (Wildman–Crippen MR) is 70.8 cm³/mol. The molecule has 0 aromatic rings. The van der Waals surface area contributed by atoms with Gasteiger partial charge in [0.25, 0.3) is 0 Å². The maximum Gasteiger partial charge on any atom is 0.241 e. The zero-order valence-corrected chi connectivity index (χ0v) is 13.0. The lowest BCUT2D eigenvalue weighted by Gasteiger charge is -2.37. The van der Waals surface area contributed by atoms with E-state index in [-0.39, 0.29) is 0 Å². The third-order valence-electron chi connectivity index (χ3n) is 3.74. The van der Waals surface area contributed by atoms with E-state index in [9.17, 15) is 24.6 Å². The van der Waals surface area contributed by atoms with Crippen LogP contribution in [0, 0.1) is 5.92 Å². The summed E-state index contributed by atoms with van der Waals surface area (Å²) in [4.78, 5) is 0. The van der Waals surface area contributed by atoms with Crippen molar-refractivity contribution in [1.29, 1.82) is 0 Å². The van der Waals surface area contributed by atoms with Crippen LogP contribution in [0.25, 0.3) is 4.13 Å². The van der Waals surface area contributed by atoms with Crippen LogP contribution < -0.4 is 0 Å². The van der Waals surface area contributed by atoms with Crippen molar-refractivity contribution in [2.45, 2.75) is 32.6 Å². The third-order valence-corrected chi connectivity index (χ3v) is 5.16. The number of quaternary nitrogens is 1. The topological polar surface area (TPSA) is 82.4 Å². The molecule has 2 aliphatic heterocycles. The number of piperidine rings is 1. The molecule has 0 bridgehead atoms. The van der Waals surface area contributed by atoms with Crippen molar-refractivity contribution in [3.8, 4) is 0 Å². The van der Waals surface area contributed by atoms with E-state index >= 15 is 0 Å². The van der Waals surface area contributed by atoms with Gasteiger partial charge in [0.1, 0.15) is 0 Å². The van der Waals surface area contributed by atoms with Gasteiger partial charge in [-0.05, 0) is 19.3 Å². The summed E-state index contributed by atoms with van der Waals surface area (Å²) in [5, 5.41) is 0. The largest absolute Gasteiger partial charge is 0.379 e. The van der Waals surface area contributed by atoms with Crippen LogP contribution in [-0.2, 0) is 20.8 Å². The summed E-state index contributed by atoms with van der Waals surface area (Å²) in [6, 6.07) is 0. The highest BCUT2D eigenvalue weighted by Gasteiger charge is 2.36. The molecule has 6 nitrogen and oxygen atoms in total. The highest BCUT2D eigenvalue weighted by atomic mass is 32.3. The van der Waals surface area contributed by atoms with Crippen molar-refractivity contribution in [2.24, 2.45) is 5.92 Å². The van der Waals surface area contributed by atoms with Gasteiger partial charge < -0.3 is 8.61 Å².